The lowest BCUT2D eigenvalue weighted by Gasteiger charge is -2.11. The number of aromatic hydroxyl groups is 1. The number of aliphatic imine (C=N–C) groups is 1. The Hall–Kier alpha value is -4.61. The molecule has 0 aliphatic heterocycles. The summed E-state index contributed by atoms with van der Waals surface area (Å²) in [5, 5.41) is 32.5. The highest BCUT2D eigenvalue weighted by Gasteiger charge is 2.24. The van der Waals surface area contributed by atoms with Gasteiger partial charge in [0.25, 0.3) is 5.56 Å². The van der Waals surface area contributed by atoms with Gasteiger partial charge in [-0.1, -0.05) is 6.07 Å². The first-order chi connectivity index (χ1) is 14.6. The predicted molar refractivity (Wildman–Crippen MR) is 111 cm³/mol. The molecule has 12 nitrogen and oxygen atoms in total. The van der Waals surface area contributed by atoms with Crippen molar-refractivity contribution in [3.63, 3.8) is 0 Å². The normalized spacial score (nSPS) is 11.0. The summed E-state index contributed by atoms with van der Waals surface area (Å²) in [6, 6.07) is 7.89. The van der Waals surface area contributed by atoms with E-state index < -0.39 is 38.4 Å². The third-order valence-corrected chi connectivity index (χ3v) is 4.56. The van der Waals surface area contributed by atoms with Crippen molar-refractivity contribution in [2.75, 3.05) is 0 Å². The molecular formula is C19H15N5O7. The zero-order valence-corrected chi connectivity index (χ0v) is 16.2. The Labute approximate surface area is 173 Å². The van der Waals surface area contributed by atoms with E-state index in [-0.39, 0.29) is 11.3 Å². The van der Waals surface area contributed by atoms with Crippen LogP contribution in [0, 0.1) is 34.1 Å². The molecule has 0 radical (unpaired) electrons. The van der Waals surface area contributed by atoms with Gasteiger partial charge >= 0.3 is 17.1 Å². The zero-order valence-electron chi connectivity index (χ0n) is 16.2. The van der Waals surface area contributed by atoms with Crippen LogP contribution in [0.1, 0.15) is 16.7 Å². The second kappa shape index (κ2) is 8.02. The summed E-state index contributed by atoms with van der Waals surface area (Å²) < 4.78 is 0.882. The van der Waals surface area contributed by atoms with Gasteiger partial charge in [-0.3, -0.25) is 35.0 Å². The van der Waals surface area contributed by atoms with Crippen molar-refractivity contribution in [2.45, 2.75) is 13.8 Å². The van der Waals surface area contributed by atoms with Crippen LogP contribution in [0.15, 0.2) is 51.0 Å². The third-order valence-electron chi connectivity index (χ3n) is 4.56. The molecule has 0 aliphatic carbocycles. The number of aryl methyl sites for hydroxylation is 2. The van der Waals surface area contributed by atoms with E-state index in [4.69, 9.17) is 0 Å². The lowest BCUT2D eigenvalue weighted by atomic mass is 10.1. The molecule has 0 spiro atoms. The van der Waals surface area contributed by atoms with E-state index in [9.17, 15) is 34.9 Å². The van der Waals surface area contributed by atoms with Gasteiger partial charge in [0.15, 0.2) is 0 Å². The minimum Gasteiger partial charge on any atom is -0.493 e. The van der Waals surface area contributed by atoms with Gasteiger partial charge in [-0.2, -0.15) is 0 Å². The molecule has 0 saturated heterocycles. The molecule has 3 rings (SSSR count). The topological polar surface area (TPSA) is 174 Å². The molecule has 0 unspecified atom stereocenters. The van der Waals surface area contributed by atoms with Crippen molar-refractivity contribution < 1.29 is 15.0 Å². The molecule has 3 aromatic rings. The monoisotopic (exact) mass is 425 g/mol. The minimum absolute atomic E-state index is 0.0694. The van der Waals surface area contributed by atoms with Crippen LogP contribution in [0.5, 0.6) is 5.88 Å². The average molecular weight is 425 g/mol. The number of benzene rings is 2. The molecule has 1 heterocycles. The van der Waals surface area contributed by atoms with Gasteiger partial charge in [-0.05, 0) is 43.2 Å². The van der Waals surface area contributed by atoms with Crippen molar-refractivity contribution in [3.05, 3.63) is 94.2 Å². The summed E-state index contributed by atoms with van der Waals surface area (Å²) in [4.78, 5) is 50.6. The third kappa shape index (κ3) is 4.07. The Morgan fingerprint density at radius 2 is 1.68 bits per heavy atom. The maximum absolute atomic E-state index is 12.3. The van der Waals surface area contributed by atoms with Crippen LogP contribution in [0.3, 0.4) is 0 Å². The molecule has 0 saturated carbocycles. The van der Waals surface area contributed by atoms with Gasteiger partial charge in [0, 0.05) is 18.3 Å². The van der Waals surface area contributed by atoms with Gasteiger partial charge in [0.2, 0.25) is 5.88 Å². The van der Waals surface area contributed by atoms with Crippen LogP contribution >= 0.6 is 0 Å². The molecule has 0 bridgehead atoms. The smallest absolute Gasteiger partial charge is 0.348 e. The number of aromatic amines is 1. The van der Waals surface area contributed by atoms with Crippen LogP contribution in [0.2, 0.25) is 0 Å². The number of H-pyrrole nitrogens is 1. The van der Waals surface area contributed by atoms with Crippen LogP contribution in [-0.2, 0) is 0 Å². The zero-order chi connectivity index (χ0) is 22.9. The van der Waals surface area contributed by atoms with Gasteiger partial charge in [-0.25, -0.2) is 9.36 Å². The summed E-state index contributed by atoms with van der Waals surface area (Å²) in [5.41, 5.74) is -1.62. The molecule has 0 aliphatic rings. The largest absolute Gasteiger partial charge is 0.493 e. The van der Waals surface area contributed by atoms with E-state index >= 15 is 0 Å². The number of hydrogen-bond acceptors (Lipinski definition) is 8. The second-order valence-electron chi connectivity index (χ2n) is 6.55. The first-order valence-electron chi connectivity index (χ1n) is 8.73. The highest BCUT2D eigenvalue weighted by Crippen LogP contribution is 2.31. The van der Waals surface area contributed by atoms with E-state index in [0.29, 0.717) is 5.69 Å². The molecule has 0 atom stereocenters. The molecule has 0 fully saturated rings. The highest BCUT2D eigenvalue weighted by molar-refractivity contribution is 5.84. The SMILES string of the molecule is Cc1ccc(-n2c(O)c(C=Nc3ccc([N+](=O)[O-])c([N+](=O)[O-])c3)c(=O)[nH]c2=O)cc1C. The lowest BCUT2D eigenvalue weighted by molar-refractivity contribution is -0.422. The lowest BCUT2D eigenvalue weighted by Crippen LogP contribution is -2.31. The summed E-state index contributed by atoms with van der Waals surface area (Å²) in [5.74, 6) is -0.683. The summed E-state index contributed by atoms with van der Waals surface area (Å²) >= 11 is 0. The standard InChI is InChI=1S/C19H15N5O7/c1-10-3-5-13(7-11(10)2)22-18(26)14(17(25)21-19(22)27)9-20-12-4-6-15(23(28)29)16(8-12)24(30)31/h3-9,26H,1-2H3,(H,21,25,27). The number of hydrogen-bond donors (Lipinski definition) is 2. The van der Waals surface area contributed by atoms with Gasteiger partial charge in [-0.15, -0.1) is 0 Å². The van der Waals surface area contributed by atoms with Crippen molar-refractivity contribution in [1.82, 2.24) is 9.55 Å². The molecule has 158 valence electrons. The number of nitro benzene ring substituents is 2. The molecular weight excluding hydrogens is 410 g/mol. The molecule has 31 heavy (non-hydrogen) atoms. The quantitative estimate of drug-likeness (QED) is 0.358. The van der Waals surface area contributed by atoms with Crippen LogP contribution < -0.4 is 11.2 Å². The van der Waals surface area contributed by atoms with Crippen LogP contribution in [-0.4, -0.2) is 30.7 Å². The van der Waals surface area contributed by atoms with Crippen molar-refractivity contribution >= 4 is 23.3 Å². The average Bonchev–Trinajstić information content (AvgIpc) is 2.69. The second-order valence-corrected chi connectivity index (χ2v) is 6.55. The first-order valence-corrected chi connectivity index (χ1v) is 8.73. The Balaban J connectivity index is 2.11. The van der Waals surface area contributed by atoms with E-state index in [1.807, 2.05) is 13.8 Å². The fraction of sp³-hybridized carbons (Fsp3) is 0.105. The van der Waals surface area contributed by atoms with Crippen LogP contribution in [0.4, 0.5) is 17.1 Å². The number of nitrogens with zero attached hydrogens (tertiary/aromatic N) is 4. The van der Waals surface area contributed by atoms with E-state index in [0.717, 1.165) is 40.1 Å². The minimum atomic E-state index is -0.929. The fourth-order valence-corrected chi connectivity index (χ4v) is 2.79. The number of nitrogens with one attached hydrogen (secondary N) is 1. The molecule has 12 heteroatoms. The fourth-order valence-electron chi connectivity index (χ4n) is 2.79. The van der Waals surface area contributed by atoms with Gasteiger partial charge < -0.3 is 5.11 Å². The van der Waals surface area contributed by atoms with Crippen molar-refractivity contribution in [1.29, 1.82) is 0 Å². The summed E-state index contributed by atoms with van der Waals surface area (Å²) in [7, 11) is 0. The Bertz CT molecular complexity index is 1370. The maximum Gasteiger partial charge on any atom is 0.348 e. The Morgan fingerprint density at radius 1 is 1.00 bits per heavy atom. The highest BCUT2D eigenvalue weighted by atomic mass is 16.6. The Morgan fingerprint density at radius 3 is 2.29 bits per heavy atom. The predicted octanol–water partition coefficient (Wildman–Crippen LogP) is 2.42. The summed E-state index contributed by atoms with van der Waals surface area (Å²) in [6.07, 6.45) is 0.913. The summed E-state index contributed by atoms with van der Waals surface area (Å²) in [6.45, 7) is 3.69. The van der Waals surface area contributed by atoms with E-state index in [1.54, 1.807) is 18.2 Å². The molecule has 2 N–H and O–H groups in total. The maximum atomic E-state index is 12.3. The van der Waals surface area contributed by atoms with Gasteiger partial charge in [0.1, 0.15) is 5.56 Å². The van der Waals surface area contributed by atoms with Gasteiger partial charge in [0.05, 0.1) is 21.2 Å². The molecule has 0 amide bonds. The van der Waals surface area contributed by atoms with Crippen molar-refractivity contribution in [3.8, 4) is 11.6 Å². The molecule has 1 aromatic heterocycles. The van der Waals surface area contributed by atoms with E-state index in [1.165, 1.54) is 0 Å². The number of rotatable bonds is 5. The number of aromatic nitrogens is 2. The Kier molecular flexibility index (Phi) is 5.46. The molecule has 2 aromatic carbocycles. The van der Waals surface area contributed by atoms with E-state index in [2.05, 4.69) is 9.98 Å². The first kappa shape index (κ1) is 21.1. The van der Waals surface area contributed by atoms with Crippen molar-refractivity contribution in [2.24, 2.45) is 4.99 Å². The number of nitro groups is 2. The van der Waals surface area contributed by atoms with Crippen LogP contribution in [0.25, 0.3) is 5.69 Å².